The highest BCUT2D eigenvalue weighted by Gasteiger charge is 2.24. The molecule has 0 bridgehead atoms. The zero-order chi connectivity index (χ0) is 47.4. The van der Waals surface area contributed by atoms with Crippen molar-refractivity contribution in [2.45, 2.75) is 309 Å². The minimum atomic E-state index is -0.801. The number of nitrogens with one attached hydrogen (secondary N) is 1. The average Bonchev–Trinajstić information content (AvgIpc) is 3.30. The third kappa shape index (κ3) is 48.1. The lowest BCUT2D eigenvalue weighted by Gasteiger charge is -2.24. The highest BCUT2D eigenvalue weighted by molar-refractivity contribution is 5.77. The molecule has 0 aromatic rings. The number of hydrogen-bond donors (Lipinski definition) is 3. The van der Waals surface area contributed by atoms with Gasteiger partial charge in [-0.15, -0.1) is 0 Å². The summed E-state index contributed by atoms with van der Waals surface area (Å²) in [7, 11) is 0. The molecule has 0 saturated heterocycles. The first-order valence-electron chi connectivity index (χ1n) is 28.4. The van der Waals surface area contributed by atoms with Gasteiger partial charge in [-0.3, -0.25) is 9.59 Å². The molecule has 6 nitrogen and oxygen atoms in total. The van der Waals surface area contributed by atoms with E-state index in [4.69, 9.17) is 4.74 Å². The second kappa shape index (κ2) is 52.8. The Labute approximate surface area is 404 Å². The van der Waals surface area contributed by atoms with E-state index < -0.39 is 18.2 Å². The van der Waals surface area contributed by atoms with Crippen LogP contribution in [0.2, 0.25) is 0 Å². The van der Waals surface area contributed by atoms with Gasteiger partial charge in [-0.05, 0) is 64.2 Å². The van der Waals surface area contributed by atoms with Crippen LogP contribution in [0.1, 0.15) is 290 Å². The molecular formula is C59H109NO5. The summed E-state index contributed by atoms with van der Waals surface area (Å²) in [6.45, 7) is 6.46. The lowest BCUT2D eigenvalue weighted by Crippen LogP contribution is -2.46. The summed E-state index contributed by atoms with van der Waals surface area (Å²) in [5.41, 5.74) is 0. The molecule has 3 N–H and O–H groups in total. The van der Waals surface area contributed by atoms with Gasteiger partial charge in [0.15, 0.2) is 0 Å². The summed E-state index contributed by atoms with van der Waals surface area (Å²) >= 11 is 0. The van der Waals surface area contributed by atoms with Crippen LogP contribution in [-0.2, 0) is 14.3 Å². The molecule has 0 rings (SSSR count). The number of unbranched alkanes of at least 4 members (excludes halogenated alkanes) is 31. The van der Waals surface area contributed by atoms with Crippen molar-refractivity contribution in [2.24, 2.45) is 0 Å². The zero-order valence-corrected chi connectivity index (χ0v) is 43.4. The summed E-state index contributed by atoms with van der Waals surface area (Å²) in [6, 6.07) is -0.718. The van der Waals surface area contributed by atoms with Gasteiger partial charge in [-0.25, -0.2) is 0 Å². The van der Waals surface area contributed by atoms with E-state index in [1.165, 1.54) is 173 Å². The standard InChI is InChI=1S/C59H109NO5/c1-4-7-10-13-16-19-22-25-27-29-30-33-35-38-41-44-47-50-55(65-59(64)52-49-46-43-40-37-34-31-28-26-23-20-17-14-11-8-5-2)53-58(63)60-56(54-61)57(62)51-48-45-42-39-36-32-24-21-18-15-12-9-6-3/h16,19,25,27,30,33,38,41,55-57,61-62H,4-15,17-18,20-24,26,28-29,31-32,34-37,39-40,42-54H2,1-3H3,(H,60,63)/b19-16-,27-25-,33-30-,41-38-. The van der Waals surface area contributed by atoms with Gasteiger partial charge < -0.3 is 20.3 Å². The molecule has 3 unspecified atom stereocenters. The van der Waals surface area contributed by atoms with Crippen molar-refractivity contribution in [1.29, 1.82) is 0 Å². The monoisotopic (exact) mass is 912 g/mol. The maximum atomic E-state index is 13.2. The topological polar surface area (TPSA) is 95.9 Å². The predicted octanol–water partition coefficient (Wildman–Crippen LogP) is 17.4. The Morgan fingerprint density at radius 2 is 0.800 bits per heavy atom. The molecule has 0 aliphatic rings. The molecule has 0 aromatic carbocycles. The Balaban J connectivity index is 4.65. The van der Waals surface area contributed by atoms with E-state index in [1.807, 2.05) is 0 Å². The molecule has 3 atom stereocenters. The van der Waals surface area contributed by atoms with Crippen molar-refractivity contribution in [2.75, 3.05) is 6.61 Å². The van der Waals surface area contributed by atoms with Crippen molar-refractivity contribution in [3.05, 3.63) is 48.6 Å². The molecule has 380 valence electrons. The first kappa shape index (κ1) is 62.8. The van der Waals surface area contributed by atoms with E-state index in [9.17, 15) is 19.8 Å². The molecule has 0 spiro atoms. The molecule has 65 heavy (non-hydrogen) atoms. The maximum Gasteiger partial charge on any atom is 0.306 e. The summed E-state index contributed by atoms with van der Waals surface area (Å²) < 4.78 is 5.93. The summed E-state index contributed by atoms with van der Waals surface area (Å²) in [5, 5.41) is 23.8. The lowest BCUT2D eigenvalue weighted by molar-refractivity contribution is -0.151. The number of ether oxygens (including phenoxy) is 1. The van der Waals surface area contributed by atoms with Crippen molar-refractivity contribution in [1.82, 2.24) is 5.32 Å². The largest absolute Gasteiger partial charge is 0.462 e. The molecule has 0 radical (unpaired) electrons. The van der Waals surface area contributed by atoms with Crippen LogP contribution in [0.4, 0.5) is 0 Å². The predicted molar refractivity (Wildman–Crippen MR) is 282 cm³/mol. The highest BCUT2D eigenvalue weighted by Crippen LogP contribution is 2.18. The van der Waals surface area contributed by atoms with Gasteiger partial charge in [0.1, 0.15) is 6.10 Å². The van der Waals surface area contributed by atoms with Crippen LogP contribution in [0, 0.1) is 0 Å². The van der Waals surface area contributed by atoms with Crippen molar-refractivity contribution < 1.29 is 24.5 Å². The van der Waals surface area contributed by atoms with Crippen molar-refractivity contribution in [3.63, 3.8) is 0 Å². The van der Waals surface area contributed by atoms with Crippen LogP contribution in [0.5, 0.6) is 0 Å². The van der Waals surface area contributed by atoms with E-state index >= 15 is 0 Å². The summed E-state index contributed by atoms with van der Waals surface area (Å²) in [4.78, 5) is 26.2. The van der Waals surface area contributed by atoms with Crippen LogP contribution in [0.15, 0.2) is 48.6 Å². The van der Waals surface area contributed by atoms with E-state index in [-0.39, 0.29) is 24.9 Å². The third-order valence-electron chi connectivity index (χ3n) is 12.9. The number of carbonyl (C=O) groups excluding carboxylic acids is 2. The van der Waals surface area contributed by atoms with E-state index in [2.05, 4.69) is 74.7 Å². The number of rotatable bonds is 51. The fraction of sp³-hybridized carbons (Fsp3) is 0.831. The number of esters is 1. The summed E-state index contributed by atoms with van der Waals surface area (Å²) in [5.74, 6) is -0.515. The number of allylic oxidation sites excluding steroid dienone is 8. The van der Waals surface area contributed by atoms with E-state index in [1.54, 1.807) is 0 Å². The first-order valence-corrected chi connectivity index (χ1v) is 28.4. The van der Waals surface area contributed by atoms with Crippen LogP contribution < -0.4 is 5.32 Å². The van der Waals surface area contributed by atoms with Gasteiger partial charge in [-0.2, -0.15) is 0 Å². The molecule has 0 fully saturated rings. The number of aliphatic hydroxyl groups excluding tert-OH is 2. The molecule has 6 heteroatoms. The Morgan fingerprint density at radius 1 is 0.446 bits per heavy atom. The molecule has 0 aliphatic heterocycles. The second-order valence-electron chi connectivity index (χ2n) is 19.3. The minimum absolute atomic E-state index is 0.0429. The van der Waals surface area contributed by atoms with E-state index in [0.717, 1.165) is 70.6 Å². The van der Waals surface area contributed by atoms with Gasteiger partial charge in [0, 0.05) is 6.42 Å². The molecule has 1 amide bonds. The van der Waals surface area contributed by atoms with Crippen LogP contribution in [0.3, 0.4) is 0 Å². The molecule has 0 aliphatic carbocycles. The second-order valence-corrected chi connectivity index (χ2v) is 19.3. The first-order chi connectivity index (χ1) is 32.0. The third-order valence-corrected chi connectivity index (χ3v) is 12.9. The van der Waals surface area contributed by atoms with Gasteiger partial charge >= 0.3 is 5.97 Å². The van der Waals surface area contributed by atoms with Crippen LogP contribution >= 0.6 is 0 Å². The van der Waals surface area contributed by atoms with Gasteiger partial charge in [0.2, 0.25) is 5.91 Å². The zero-order valence-electron chi connectivity index (χ0n) is 43.4. The summed E-state index contributed by atoms with van der Waals surface area (Å²) in [6.07, 6.45) is 64.6. The van der Waals surface area contributed by atoms with E-state index in [0.29, 0.717) is 19.3 Å². The maximum absolute atomic E-state index is 13.2. The molecule has 0 saturated carbocycles. The van der Waals surface area contributed by atoms with Gasteiger partial charge in [-0.1, -0.05) is 262 Å². The van der Waals surface area contributed by atoms with Crippen LogP contribution in [-0.4, -0.2) is 46.9 Å². The Morgan fingerprint density at radius 3 is 1.22 bits per heavy atom. The van der Waals surface area contributed by atoms with Crippen LogP contribution in [0.25, 0.3) is 0 Å². The number of amides is 1. The normalized spacial score (nSPS) is 13.5. The molecule has 0 heterocycles. The fourth-order valence-electron chi connectivity index (χ4n) is 8.60. The highest BCUT2D eigenvalue weighted by atomic mass is 16.5. The Hall–Kier alpha value is -2.18. The Bertz CT molecular complexity index is 1110. The number of hydrogen-bond acceptors (Lipinski definition) is 5. The number of carbonyl (C=O) groups is 2. The Kier molecular flexibility index (Phi) is 51.0. The average molecular weight is 913 g/mol. The number of aliphatic hydroxyl groups is 2. The quantitative estimate of drug-likeness (QED) is 0.0321. The molecular weight excluding hydrogens is 803 g/mol. The smallest absolute Gasteiger partial charge is 0.306 e. The fourth-order valence-corrected chi connectivity index (χ4v) is 8.60. The van der Waals surface area contributed by atoms with Crippen molar-refractivity contribution >= 4 is 11.9 Å². The SMILES string of the molecule is CCCCC/C=C\C/C=C\C/C=C\C/C=C\CCCC(CC(=O)NC(CO)C(O)CCCCCCCCCCCCCCC)OC(=O)CCCCCCCCCCCCCCCCCC. The lowest BCUT2D eigenvalue weighted by atomic mass is 10.0. The molecule has 0 aromatic heterocycles. The minimum Gasteiger partial charge on any atom is -0.462 e. The van der Waals surface area contributed by atoms with Gasteiger partial charge in [0.05, 0.1) is 25.2 Å². The van der Waals surface area contributed by atoms with Gasteiger partial charge in [0.25, 0.3) is 0 Å². The van der Waals surface area contributed by atoms with Crippen molar-refractivity contribution in [3.8, 4) is 0 Å².